The number of hydrogen-bond acceptors (Lipinski definition) is 4. The van der Waals surface area contributed by atoms with Gasteiger partial charge in [0.15, 0.2) is 0 Å². The Morgan fingerprint density at radius 3 is 2.67 bits per heavy atom. The van der Waals surface area contributed by atoms with Crippen LogP contribution in [0.25, 0.3) is 0 Å². The molecule has 0 fully saturated rings. The monoisotopic (exact) mass is 221 g/mol. The lowest BCUT2D eigenvalue weighted by molar-refractivity contribution is 0.475. The van der Waals surface area contributed by atoms with Gasteiger partial charge in [-0.15, -0.1) is 16.9 Å². The summed E-state index contributed by atoms with van der Waals surface area (Å²) >= 11 is 1.67. The lowest BCUT2D eigenvalue weighted by Crippen LogP contribution is -1.85. The molecule has 0 radical (unpaired) electrons. The Labute approximate surface area is 91.9 Å². The summed E-state index contributed by atoms with van der Waals surface area (Å²) in [5.41, 5.74) is 0.954. The van der Waals surface area contributed by atoms with E-state index in [4.69, 9.17) is 5.11 Å². The highest BCUT2D eigenvalue weighted by molar-refractivity contribution is 7.98. The van der Waals surface area contributed by atoms with Gasteiger partial charge in [-0.05, 0) is 24.3 Å². The normalized spacial score (nSPS) is 10.5. The van der Waals surface area contributed by atoms with Crippen molar-refractivity contribution in [3.8, 4) is 5.75 Å². The fraction of sp³-hybridized carbons (Fsp3) is 0.200. The van der Waals surface area contributed by atoms with E-state index >= 15 is 0 Å². The zero-order valence-electron chi connectivity index (χ0n) is 8.29. The van der Waals surface area contributed by atoms with Crippen LogP contribution in [0.2, 0.25) is 0 Å². The molecule has 0 amide bonds. The van der Waals surface area contributed by atoms with E-state index in [0.717, 1.165) is 16.3 Å². The van der Waals surface area contributed by atoms with Gasteiger partial charge in [0, 0.05) is 23.9 Å². The van der Waals surface area contributed by atoms with Crippen molar-refractivity contribution >= 4 is 11.8 Å². The summed E-state index contributed by atoms with van der Waals surface area (Å²) in [4.78, 5) is 1.11. The zero-order valence-corrected chi connectivity index (χ0v) is 9.11. The first kappa shape index (κ1) is 10.0. The van der Waals surface area contributed by atoms with Gasteiger partial charge < -0.3 is 5.11 Å². The van der Waals surface area contributed by atoms with Crippen LogP contribution < -0.4 is 0 Å². The number of rotatable bonds is 3. The fourth-order valence-electron chi connectivity index (χ4n) is 1.16. The molecule has 15 heavy (non-hydrogen) atoms. The maximum atomic E-state index is 9.11. The summed E-state index contributed by atoms with van der Waals surface area (Å²) in [6, 6.07) is 7.13. The molecule has 2 rings (SSSR count). The first-order valence-electron chi connectivity index (χ1n) is 4.51. The van der Waals surface area contributed by atoms with Crippen LogP contribution in [0.15, 0.2) is 35.4 Å². The quantitative estimate of drug-likeness (QED) is 0.803. The van der Waals surface area contributed by atoms with Crippen molar-refractivity contribution < 1.29 is 5.11 Å². The largest absolute Gasteiger partial charge is 0.508 e. The van der Waals surface area contributed by atoms with E-state index in [1.807, 2.05) is 25.4 Å². The molecular weight excluding hydrogens is 210 g/mol. The molecule has 2 aromatic rings. The Bertz CT molecular complexity index is 438. The number of aromatic nitrogens is 3. The van der Waals surface area contributed by atoms with Crippen LogP contribution in [0.3, 0.4) is 0 Å². The molecular formula is C10H11N3OS. The van der Waals surface area contributed by atoms with Crippen molar-refractivity contribution in [3.05, 3.63) is 36.2 Å². The second kappa shape index (κ2) is 4.35. The maximum absolute atomic E-state index is 9.11. The number of aromatic hydroxyl groups is 1. The molecule has 0 bridgehead atoms. The molecule has 4 nitrogen and oxygen atoms in total. The summed E-state index contributed by atoms with van der Waals surface area (Å²) in [6.45, 7) is 0. The summed E-state index contributed by atoms with van der Waals surface area (Å²) in [7, 11) is 1.85. The van der Waals surface area contributed by atoms with Gasteiger partial charge in [-0.25, -0.2) is 0 Å². The molecule has 78 valence electrons. The SMILES string of the molecule is Cn1cc(CSc2ccc(O)cc2)nn1. The number of phenols is 1. The highest BCUT2D eigenvalue weighted by Crippen LogP contribution is 2.23. The Morgan fingerprint density at radius 1 is 1.33 bits per heavy atom. The van der Waals surface area contributed by atoms with Crippen molar-refractivity contribution in [2.24, 2.45) is 7.05 Å². The van der Waals surface area contributed by atoms with Crippen molar-refractivity contribution in [2.75, 3.05) is 0 Å². The van der Waals surface area contributed by atoms with E-state index in [1.165, 1.54) is 0 Å². The standard InChI is InChI=1S/C10H11N3OS/c1-13-6-8(11-12-13)7-15-10-4-2-9(14)3-5-10/h2-6,14H,7H2,1H3. The van der Waals surface area contributed by atoms with Gasteiger partial charge in [-0.3, -0.25) is 4.68 Å². The summed E-state index contributed by atoms with van der Waals surface area (Å²) < 4.78 is 1.69. The minimum Gasteiger partial charge on any atom is -0.508 e. The lowest BCUT2D eigenvalue weighted by atomic mass is 10.3. The number of thioether (sulfide) groups is 1. The highest BCUT2D eigenvalue weighted by atomic mass is 32.2. The third-order valence-electron chi connectivity index (χ3n) is 1.87. The third kappa shape index (κ3) is 2.73. The Hall–Kier alpha value is -1.49. The first-order chi connectivity index (χ1) is 7.24. The number of hydrogen-bond donors (Lipinski definition) is 1. The van der Waals surface area contributed by atoms with Crippen LogP contribution in [0.5, 0.6) is 5.75 Å². The molecule has 0 atom stereocenters. The van der Waals surface area contributed by atoms with Crippen LogP contribution in [-0.4, -0.2) is 20.1 Å². The van der Waals surface area contributed by atoms with Crippen LogP contribution in [0.1, 0.15) is 5.69 Å². The summed E-state index contributed by atoms with van der Waals surface area (Å²) in [5, 5.41) is 17.0. The minimum atomic E-state index is 0.291. The van der Waals surface area contributed by atoms with Crippen molar-refractivity contribution in [3.63, 3.8) is 0 Å². The van der Waals surface area contributed by atoms with Gasteiger partial charge in [-0.2, -0.15) is 0 Å². The molecule has 1 N–H and O–H groups in total. The second-order valence-electron chi connectivity index (χ2n) is 3.17. The molecule has 0 saturated carbocycles. The third-order valence-corrected chi connectivity index (χ3v) is 2.92. The smallest absolute Gasteiger partial charge is 0.115 e. The van der Waals surface area contributed by atoms with Crippen molar-refractivity contribution in [1.29, 1.82) is 0 Å². The molecule has 5 heteroatoms. The Kier molecular flexibility index (Phi) is 2.91. The van der Waals surface area contributed by atoms with E-state index in [1.54, 1.807) is 28.6 Å². The molecule has 1 heterocycles. The topological polar surface area (TPSA) is 50.9 Å². The summed E-state index contributed by atoms with van der Waals surface area (Å²) in [5.74, 6) is 1.08. The molecule has 1 aromatic heterocycles. The molecule has 0 saturated heterocycles. The Balaban J connectivity index is 1.96. The minimum absolute atomic E-state index is 0.291. The van der Waals surface area contributed by atoms with Crippen molar-refractivity contribution in [1.82, 2.24) is 15.0 Å². The van der Waals surface area contributed by atoms with E-state index in [0.29, 0.717) is 5.75 Å². The predicted octanol–water partition coefficient (Wildman–Crippen LogP) is 1.81. The number of nitrogens with zero attached hydrogens (tertiary/aromatic N) is 3. The lowest BCUT2D eigenvalue weighted by Gasteiger charge is -1.98. The molecule has 0 aliphatic carbocycles. The van der Waals surface area contributed by atoms with Gasteiger partial charge >= 0.3 is 0 Å². The highest BCUT2D eigenvalue weighted by Gasteiger charge is 2.00. The van der Waals surface area contributed by atoms with Crippen LogP contribution in [0.4, 0.5) is 0 Å². The number of phenolic OH excluding ortho intramolecular Hbond substituents is 1. The molecule has 0 spiro atoms. The van der Waals surface area contributed by atoms with Crippen LogP contribution >= 0.6 is 11.8 Å². The van der Waals surface area contributed by atoms with Gasteiger partial charge in [0.25, 0.3) is 0 Å². The predicted molar refractivity (Wildman–Crippen MR) is 58.7 cm³/mol. The van der Waals surface area contributed by atoms with E-state index in [-0.39, 0.29) is 0 Å². The van der Waals surface area contributed by atoms with Gasteiger partial charge in [0.05, 0.1) is 5.69 Å². The number of aryl methyl sites for hydroxylation is 1. The van der Waals surface area contributed by atoms with E-state index in [9.17, 15) is 0 Å². The van der Waals surface area contributed by atoms with Gasteiger partial charge in [0.1, 0.15) is 5.75 Å². The first-order valence-corrected chi connectivity index (χ1v) is 5.49. The number of benzene rings is 1. The molecule has 1 aromatic carbocycles. The fourth-order valence-corrected chi connectivity index (χ4v) is 1.94. The molecule has 0 unspecified atom stereocenters. The Morgan fingerprint density at radius 2 is 2.07 bits per heavy atom. The zero-order chi connectivity index (χ0) is 10.7. The van der Waals surface area contributed by atoms with Gasteiger partial charge in [-0.1, -0.05) is 5.21 Å². The maximum Gasteiger partial charge on any atom is 0.115 e. The van der Waals surface area contributed by atoms with E-state index < -0.39 is 0 Å². The van der Waals surface area contributed by atoms with Crippen LogP contribution in [0, 0.1) is 0 Å². The van der Waals surface area contributed by atoms with E-state index in [2.05, 4.69) is 10.3 Å². The average molecular weight is 221 g/mol. The summed E-state index contributed by atoms with van der Waals surface area (Å²) in [6.07, 6.45) is 1.90. The second-order valence-corrected chi connectivity index (χ2v) is 4.21. The van der Waals surface area contributed by atoms with Crippen LogP contribution in [-0.2, 0) is 12.8 Å². The molecule has 0 aliphatic heterocycles. The van der Waals surface area contributed by atoms with Crippen molar-refractivity contribution in [2.45, 2.75) is 10.6 Å². The average Bonchev–Trinajstić information content (AvgIpc) is 2.64. The molecule has 0 aliphatic rings. The van der Waals surface area contributed by atoms with Gasteiger partial charge in [0.2, 0.25) is 0 Å².